The molecule has 0 aliphatic carbocycles. The fourth-order valence-corrected chi connectivity index (χ4v) is 1.90. The molecule has 0 radical (unpaired) electrons. The summed E-state index contributed by atoms with van der Waals surface area (Å²) in [4.78, 5) is 23.0. The van der Waals surface area contributed by atoms with E-state index in [1.54, 1.807) is 25.5 Å². The molecule has 1 aromatic rings. The van der Waals surface area contributed by atoms with E-state index >= 15 is 0 Å². The van der Waals surface area contributed by atoms with Crippen molar-refractivity contribution in [3.05, 3.63) is 17.5 Å². The van der Waals surface area contributed by atoms with Crippen LogP contribution in [0, 0.1) is 6.92 Å². The normalized spacial score (nSPS) is 12.8. The van der Waals surface area contributed by atoms with Crippen molar-refractivity contribution in [3.63, 3.8) is 0 Å². The lowest BCUT2D eigenvalue weighted by Crippen LogP contribution is -2.45. The number of carboxylic acid groups (broad SMARTS) is 1. The fraction of sp³-hybridized carbons (Fsp3) is 0.643. The summed E-state index contributed by atoms with van der Waals surface area (Å²) in [5.74, 6) is -1.11. The van der Waals surface area contributed by atoms with E-state index < -0.39 is 23.7 Å². The van der Waals surface area contributed by atoms with Crippen molar-refractivity contribution >= 4 is 12.1 Å². The molecule has 7 heteroatoms. The summed E-state index contributed by atoms with van der Waals surface area (Å²) in [5, 5.41) is 15.9. The molecule has 1 atom stereocenters. The SMILES string of the molecule is CCn1nc(C)cc1CC(NC(=O)OC(C)(C)C)C(=O)O. The maximum absolute atomic E-state index is 11.7. The van der Waals surface area contributed by atoms with Crippen molar-refractivity contribution in [2.75, 3.05) is 0 Å². The Labute approximate surface area is 124 Å². The van der Waals surface area contributed by atoms with Crippen molar-refractivity contribution in [2.45, 2.75) is 59.2 Å². The molecule has 0 bridgehead atoms. The Morgan fingerprint density at radius 1 is 1.48 bits per heavy atom. The molecular weight excluding hydrogens is 274 g/mol. The zero-order valence-corrected chi connectivity index (χ0v) is 13.1. The number of amides is 1. The third kappa shape index (κ3) is 5.45. The Bertz CT molecular complexity index is 517. The van der Waals surface area contributed by atoms with Crippen molar-refractivity contribution in [3.8, 4) is 0 Å². The summed E-state index contributed by atoms with van der Waals surface area (Å²) in [6.07, 6.45) is -0.585. The Kier molecular flexibility index (Phi) is 5.34. The van der Waals surface area contributed by atoms with E-state index in [9.17, 15) is 14.7 Å². The van der Waals surface area contributed by atoms with Crippen LogP contribution in [0.15, 0.2) is 6.07 Å². The minimum Gasteiger partial charge on any atom is -0.480 e. The van der Waals surface area contributed by atoms with Crippen LogP contribution in [-0.2, 0) is 22.5 Å². The number of hydrogen-bond acceptors (Lipinski definition) is 4. The van der Waals surface area contributed by atoms with Crippen molar-refractivity contribution < 1.29 is 19.4 Å². The lowest BCUT2D eigenvalue weighted by molar-refractivity contribution is -0.139. The van der Waals surface area contributed by atoms with Crippen LogP contribution < -0.4 is 5.32 Å². The number of carboxylic acids is 1. The molecule has 2 N–H and O–H groups in total. The minimum atomic E-state index is -1.11. The van der Waals surface area contributed by atoms with Crippen LogP contribution in [0.5, 0.6) is 0 Å². The predicted molar refractivity (Wildman–Crippen MR) is 77.1 cm³/mol. The van der Waals surface area contributed by atoms with Gasteiger partial charge in [0.05, 0.1) is 5.69 Å². The molecule has 0 fully saturated rings. The van der Waals surface area contributed by atoms with Crippen molar-refractivity contribution in [1.82, 2.24) is 15.1 Å². The van der Waals surface area contributed by atoms with E-state index in [1.807, 2.05) is 19.9 Å². The first-order valence-electron chi connectivity index (χ1n) is 6.88. The van der Waals surface area contributed by atoms with E-state index in [2.05, 4.69) is 10.4 Å². The second-order valence-electron chi connectivity index (χ2n) is 5.83. The molecule has 1 heterocycles. The number of ether oxygens (including phenoxy) is 1. The van der Waals surface area contributed by atoms with Gasteiger partial charge in [-0.2, -0.15) is 5.10 Å². The monoisotopic (exact) mass is 297 g/mol. The summed E-state index contributed by atoms with van der Waals surface area (Å²) in [5.41, 5.74) is 0.904. The average Bonchev–Trinajstić information content (AvgIpc) is 2.66. The van der Waals surface area contributed by atoms with Gasteiger partial charge in [-0.3, -0.25) is 4.68 Å². The first-order chi connectivity index (χ1) is 9.62. The predicted octanol–water partition coefficient (Wildman–Crippen LogP) is 1.73. The van der Waals surface area contributed by atoms with Gasteiger partial charge in [0, 0.05) is 18.7 Å². The van der Waals surface area contributed by atoms with Crippen molar-refractivity contribution in [2.24, 2.45) is 0 Å². The van der Waals surface area contributed by atoms with E-state index in [-0.39, 0.29) is 6.42 Å². The number of aryl methyl sites for hydroxylation is 2. The topological polar surface area (TPSA) is 93.5 Å². The van der Waals surface area contributed by atoms with Crippen LogP contribution in [0.25, 0.3) is 0 Å². The zero-order chi connectivity index (χ0) is 16.2. The summed E-state index contributed by atoms with van der Waals surface area (Å²) < 4.78 is 6.81. The molecule has 118 valence electrons. The smallest absolute Gasteiger partial charge is 0.408 e. The highest BCUT2D eigenvalue weighted by Gasteiger charge is 2.25. The van der Waals surface area contributed by atoms with Crippen LogP contribution in [-0.4, -0.2) is 38.6 Å². The Morgan fingerprint density at radius 2 is 2.10 bits per heavy atom. The number of aromatic nitrogens is 2. The zero-order valence-electron chi connectivity index (χ0n) is 13.1. The fourth-order valence-electron chi connectivity index (χ4n) is 1.90. The van der Waals surface area contributed by atoms with Crippen LogP contribution in [0.4, 0.5) is 4.79 Å². The molecule has 1 aromatic heterocycles. The van der Waals surface area contributed by atoms with Crippen LogP contribution >= 0.6 is 0 Å². The summed E-state index contributed by atoms with van der Waals surface area (Å²) in [6, 6.07) is 0.761. The van der Waals surface area contributed by atoms with Gasteiger partial charge in [0.1, 0.15) is 11.6 Å². The standard InChI is InChI=1S/C14H23N3O4/c1-6-17-10(7-9(2)16-17)8-11(12(18)19)15-13(20)21-14(3,4)5/h7,11H,6,8H2,1-5H3,(H,15,20)(H,18,19). The molecule has 0 aliphatic heterocycles. The highest BCUT2D eigenvalue weighted by Crippen LogP contribution is 2.10. The molecule has 21 heavy (non-hydrogen) atoms. The van der Waals surface area contributed by atoms with Crippen LogP contribution in [0.1, 0.15) is 39.1 Å². The number of carbonyl (C=O) groups excluding carboxylic acids is 1. The molecule has 1 rings (SSSR count). The molecule has 0 aliphatic rings. The number of hydrogen-bond donors (Lipinski definition) is 2. The maximum atomic E-state index is 11.7. The highest BCUT2D eigenvalue weighted by molar-refractivity contribution is 5.80. The summed E-state index contributed by atoms with van der Waals surface area (Å²) in [6.45, 7) is 9.56. The van der Waals surface area contributed by atoms with Gasteiger partial charge < -0.3 is 15.2 Å². The largest absolute Gasteiger partial charge is 0.480 e. The number of nitrogens with one attached hydrogen (secondary N) is 1. The summed E-state index contributed by atoms with van der Waals surface area (Å²) >= 11 is 0. The molecule has 1 unspecified atom stereocenters. The first-order valence-corrected chi connectivity index (χ1v) is 6.88. The Morgan fingerprint density at radius 3 is 2.57 bits per heavy atom. The molecule has 0 aromatic carbocycles. The number of aliphatic carboxylic acids is 1. The van der Waals surface area contributed by atoms with Gasteiger partial charge in [0.2, 0.25) is 0 Å². The van der Waals surface area contributed by atoms with Gasteiger partial charge in [0.15, 0.2) is 0 Å². The quantitative estimate of drug-likeness (QED) is 0.863. The van der Waals surface area contributed by atoms with Gasteiger partial charge >= 0.3 is 12.1 Å². The maximum Gasteiger partial charge on any atom is 0.408 e. The minimum absolute atomic E-state index is 0.156. The van der Waals surface area contributed by atoms with Gasteiger partial charge in [-0.15, -0.1) is 0 Å². The number of carbonyl (C=O) groups is 2. The molecule has 0 saturated carbocycles. The third-order valence-electron chi connectivity index (χ3n) is 2.69. The first kappa shape index (κ1) is 17.0. The number of rotatable bonds is 5. The van der Waals surface area contributed by atoms with Gasteiger partial charge in [-0.05, 0) is 40.7 Å². The van der Waals surface area contributed by atoms with Gasteiger partial charge in [-0.25, -0.2) is 9.59 Å². The molecular formula is C14H23N3O4. The molecule has 7 nitrogen and oxygen atoms in total. The number of alkyl carbamates (subject to hydrolysis) is 1. The Hall–Kier alpha value is -2.05. The molecule has 0 saturated heterocycles. The molecule has 0 spiro atoms. The van der Waals surface area contributed by atoms with E-state index in [1.165, 1.54) is 0 Å². The van der Waals surface area contributed by atoms with Gasteiger partial charge in [-0.1, -0.05) is 0 Å². The van der Waals surface area contributed by atoms with Crippen LogP contribution in [0.2, 0.25) is 0 Å². The Balaban J connectivity index is 2.79. The second kappa shape index (κ2) is 6.60. The average molecular weight is 297 g/mol. The second-order valence-corrected chi connectivity index (χ2v) is 5.83. The van der Waals surface area contributed by atoms with Crippen LogP contribution in [0.3, 0.4) is 0 Å². The van der Waals surface area contributed by atoms with E-state index in [0.29, 0.717) is 6.54 Å². The van der Waals surface area contributed by atoms with Crippen molar-refractivity contribution in [1.29, 1.82) is 0 Å². The molecule has 1 amide bonds. The van der Waals surface area contributed by atoms with E-state index in [4.69, 9.17) is 4.74 Å². The van der Waals surface area contributed by atoms with E-state index in [0.717, 1.165) is 11.4 Å². The van der Waals surface area contributed by atoms with Gasteiger partial charge in [0.25, 0.3) is 0 Å². The summed E-state index contributed by atoms with van der Waals surface area (Å²) in [7, 11) is 0. The highest BCUT2D eigenvalue weighted by atomic mass is 16.6. The number of nitrogens with zero attached hydrogens (tertiary/aromatic N) is 2. The lowest BCUT2D eigenvalue weighted by atomic mass is 10.1. The third-order valence-corrected chi connectivity index (χ3v) is 2.69. The lowest BCUT2D eigenvalue weighted by Gasteiger charge is -2.22.